The van der Waals surface area contributed by atoms with Gasteiger partial charge < -0.3 is 37.6 Å². The highest BCUT2D eigenvalue weighted by atomic mass is 16.4. The third-order valence-electron chi connectivity index (χ3n) is 4.25. The van der Waals surface area contributed by atoms with Gasteiger partial charge >= 0.3 is 11.9 Å². The molecule has 4 atom stereocenters. The van der Waals surface area contributed by atoms with E-state index in [2.05, 4.69) is 16.0 Å². The number of amides is 4. The Hall–Kier alpha value is -3.22. The first-order chi connectivity index (χ1) is 14.2. The van der Waals surface area contributed by atoms with Crippen LogP contribution in [-0.2, 0) is 28.8 Å². The van der Waals surface area contributed by atoms with E-state index in [1.165, 1.54) is 0 Å². The summed E-state index contributed by atoms with van der Waals surface area (Å²) >= 11 is 0. The molecule has 31 heavy (non-hydrogen) atoms. The molecule has 0 aromatic rings. The first-order valence-electron chi connectivity index (χ1n) is 9.56. The molecule has 4 unspecified atom stereocenters. The van der Waals surface area contributed by atoms with Gasteiger partial charge in [0, 0.05) is 0 Å². The molecule has 176 valence electrons. The Kier molecular flexibility index (Phi) is 11.2. The summed E-state index contributed by atoms with van der Waals surface area (Å²) in [7, 11) is 0. The molecule has 0 bridgehead atoms. The number of nitrogens with one attached hydrogen (secondary N) is 3. The normalized spacial score (nSPS) is 14.8. The maximum atomic E-state index is 12.6. The summed E-state index contributed by atoms with van der Waals surface area (Å²) in [5, 5.41) is 25.1. The summed E-state index contributed by atoms with van der Waals surface area (Å²) in [6, 6.07) is -5.40. The average Bonchev–Trinajstić information content (AvgIpc) is 2.61. The SMILES string of the molecule is CC(C)C(NC(=O)C(NC(=O)C(CC(=O)O)NC(=O)C(N)CC(N)=O)C(C)C)C(=O)O. The predicted molar refractivity (Wildman–Crippen MR) is 107 cm³/mol. The molecule has 0 aromatic heterocycles. The van der Waals surface area contributed by atoms with E-state index in [-0.39, 0.29) is 0 Å². The molecular formula is C18H31N5O8. The molecule has 0 aliphatic heterocycles. The van der Waals surface area contributed by atoms with Gasteiger partial charge in [-0.2, -0.15) is 0 Å². The molecule has 0 heterocycles. The molecule has 0 spiro atoms. The van der Waals surface area contributed by atoms with Crippen LogP contribution in [0.25, 0.3) is 0 Å². The van der Waals surface area contributed by atoms with Crippen molar-refractivity contribution in [1.82, 2.24) is 16.0 Å². The van der Waals surface area contributed by atoms with Gasteiger partial charge in [-0.15, -0.1) is 0 Å². The quantitative estimate of drug-likeness (QED) is 0.159. The number of nitrogens with two attached hydrogens (primary N) is 2. The summed E-state index contributed by atoms with van der Waals surface area (Å²) < 4.78 is 0. The second-order valence-corrected chi connectivity index (χ2v) is 7.73. The lowest BCUT2D eigenvalue weighted by Gasteiger charge is -2.27. The highest BCUT2D eigenvalue weighted by molar-refractivity contribution is 5.96. The maximum absolute atomic E-state index is 12.6. The highest BCUT2D eigenvalue weighted by Gasteiger charge is 2.33. The zero-order chi connectivity index (χ0) is 24.5. The molecule has 0 fully saturated rings. The number of hydrogen-bond acceptors (Lipinski definition) is 7. The van der Waals surface area contributed by atoms with E-state index in [9.17, 15) is 33.9 Å². The van der Waals surface area contributed by atoms with Crippen LogP contribution in [-0.4, -0.2) is 69.9 Å². The molecule has 0 aromatic carbocycles. The van der Waals surface area contributed by atoms with Crippen LogP contribution in [0.3, 0.4) is 0 Å². The number of carboxylic acids is 2. The maximum Gasteiger partial charge on any atom is 0.326 e. The zero-order valence-electron chi connectivity index (χ0n) is 17.9. The number of hydrogen-bond donors (Lipinski definition) is 7. The smallest absolute Gasteiger partial charge is 0.326 e. The van der Waals surface area contributed by atoms with Crippen LogP contribution in [0.5, 0.6) is 0 Å². The molecular weight excluding hydrogens is 414 g/mol. The average molecular weight is 445 g/mol. The molecule has 0 saturated heterocycles. The van der Waals surface area contributed by atoms with Gasteiger partial charge in [0.15, 0.2) is 0 Å². The lowest BCUT2D eigenvalue weighted by molar-refractivity contribution is -0.144. The van der Waals surface area contributed by atoms with E-state index >= 15 is 0 Å². The van der Waals surface area contributed by atoms with Gasteiger partial charge in [-0.05, 0) is 11.8 Å². The van der Waals surface area contributed by atoms with Gasteiger partial charge in [0.2, 0.25) is 23.6 Å². The summed E-state index contributed by atoms with van der Waals surface area (Å²) in [6.45, 7) is 6.36. The number of rotatable bonds is 13. The van der Waals surface area contributed by atoms with Gasteiger partial charge in [-0.25, -0.2) is 4.79 Å². The van der Waals surface area contributed by atoms with E-state index in [0.717, 1.165) is 0 Å². The third kappa shape index (κ3) is 9.89. The molecule has 13 heteroatoms. The van der Waals surface area contributed by atoms with E-state index in [4.69, 9.17) is 16.6 Å². The van der Waals surface area contributed by atoms with Gasteiger partial charge in [0.25, 0.3) is 0 Å². The van der Waals surface area contributed by atoms with Crippen LogP contribution < -0.4 is 27.4 Å². The first-order valence-corrected chi connectivity index (χ1v) is 9.56. The number of aliphatic carboxylic acids is 2. The Labute approximate surface area is 179 Å². The number of primary amides is 1. The number of carboxylic acid groups (broad SMARTS) is 2. The molecule has 9 N–H and O–H groups in total. The highest BCUT2D eigenvalue weighted by Crippen LogP contribution is 2.08. The van der Waals surface area contributed by atoms with Crippen molar-refractivity contribution >= 4 is 35.6 Å². The minimum absolute atomic E-state index is 0.434. The third-order valence-corrected chi connectivity index (χ3v) is 4.25. The molecule has 0 saturated carbocycles. The Bertz CT molecular complexity index is 709. The Morgan fingerprint density at radius 3 is 1.61 bits per heavy atom. The van der Waals surface area contributed by atoms with Crippen molar-refractivity contribution in [2.45, 2.75) is 64.7 Å². The topological polar surface area (TPSA) is 231 Å². The van der Waals surface area contributed by atoms with Gasteiger partial charge in [0.1, 0.15) is 18.1 Å². The van der Waals surface area contributed by atoms with Crippen LogP contribution >= 0.6 is 0 Å². The van der Waals surface area contributed by atoms with Crippen LogP contribution in [0, 0.1) is 11.8 Å². The van der Waals surface area contributed by atoms with Crippen LogP contribution in [0.2, 0.25) is 0 Å². The van der Waals surface area contributed by atoms with Crippen molar-refractivity contribution in [3.8, 4) is 0 Å². The van der Waals surface area contributed by atoms with Crippen molar-refractivity contribution in [3.05, 3.63) is 0 Å². The minimum atomic E-state index is -1.60. The predicted octanol–water partition coefficient (Wildman–Crippen LogP) is -2.49. The van der Waals surface area contributed by atoms with E-state index in [1.54, 1.807) is 27.7 Å². The van der Waals surface area contributed by atoms with E-state index in [0.29, 0.717) is 0 Å². The standard InChI is InChI=1S/C18H31N5O8/c1-7(2)13(17(29)23-14(8(3)4)18(30)31)22-16(28)10(6-12(25)26)21-15(27)9(19)5-11(20)24/h7-10,13-14H,5-6,19H2,1-4H3,(H2,20,24)(H,21,27)(H,22,28)(H,23,29)(H,25,26)(H,30,31). The summed E-state index contributed by atoms with van der Waals surface area (Å²) in [6.07, 6.45) is -1.34. The lowest BCUT2D eigenvalue weighted by atomic mass is 9.99. The first kappa shape index (κ1) is 27.8. The minimum Gasteiger partial charge on any atom is -0.481 e. The summed E-state index contributed by atoms with van der Waals surface area (Å²) in [5.41, 5.74) is 10.5. The van der Waals surface area contributed by atoms with Gasteiger partial charge in [-0.1, -0.05) is 27.7 Å². The van der Waals surface area contributed by atoms with Crippen molar-refractivity contribution in [3.63, 3.8) is 0 Å². The molecule has 0 rings (SSSR count). The van der Waals surface area contributed by atoms with Crippen LogP contribution in [0.1, 0.15) is 40.5 Å². The molecule has 0 radical (unpaired) electrons. The monoisotopic (exact) mass is 445 g/mol. The Morgan fingerprint density at radius 1 is 0.742 bits per heavy atom. The second-order valence-electron chi connectivity index (χ2n) is 7.73. The fourth-order valence-corrected chi connectivity index (χ4v) is 2.52. The van der Waals surface area contributed by atoms with Crippen LogP contribution in [0.4, 0.5) is 0 Å². The lowest BCUT2D eigenvalue weighted by Crippen LogP contribution is -2.59. The van der Waals surface area contributed by atoms with Gasteiger partial charge in [-0.3, -0.25) is 24.0 Å². The molecule has 0 aliphatic carbocycles. The fourth-order valence-electron chi connectivity index (χ4n) is 2.52. The largest absolute Gasteiger partial charge is 0.481 e. The fraction of sp³-hybridized carbons (Fsp3) is 0.667. The van der Waals surface area contributed by atoms with Crippen molar-refractivity contribution in [2.24, 2.45) is 23.3 Å². The number of carbonyl (C=O) groups is 6. The van der Waals surface area contributed by atoms with Crippen molar-refractivity contribution in [2.75, 3.05) is 0 Å². The van der Waals surface area contributed by atoms with E-state index < -0.39 is 84.4 Å². The summed E-state index contributed by atoms with van der Waals surface area (Å²) in [4.78, 5) is 70.6. The van der Waals surface area contributed by atoms with Gasteiger partial charge in [0.05, 0.1) is 18.9 Å². The Balaban J connectivity index is 5.46. The molecule has 13 nitrogen and oxygen atoms in total. The molecule has 4 amide bonds. The molecule has 0 aliphatic rings. The number of carbonyl (C=O) groups excluding carboxylic acids is 4. The second kappa shape index (κ2) is 12.5. The zero-order valence-corrected chi connectivity index (χ0v) is 17.9. The van der Waals surface area contributed by atoms with Crippen LogP contribution in [0.15, 0.2) is 0 Å². The van der Waals surface area contributed by atoms with Crippen molar-refractivity contribution in [1.29, 1.82) is 0 Å². The van der Waals surface area contributed by atoms with Crippen molar-refractivity contribution < 1.29 is 39.0 Å². The van der Waals surface area contributed by atoms with E-state index in [1.807, 2.05) is 0 Å². The Morgan fingerprint density at radius 2 is 1.23 bits per heavy atom. The summed E-state index contributed by atoms with van der Waals surface area (Å²) in [5.74, 6) is -7.22.